The molecule has 1 unspecified atom stereocenters. The number of nitrogens with zero attached hydrogens (tertiary/aromatic N) is 1. The molecule has 3 heterocycles. The van der Waals surface area contributed by atoms with E-state index in [-0.39, 0.29) is 35.0 Å². The van der Waals surface area contributed by atoms with E-state index < -0.39 is 30.7 Å². The minimum Gasteiger partial charge on any atom is -0.669 e. The largest absolute Gasteiger partial charge is 0.669 e. The topological polar surface area (TPSA) is 149 Å². The maximum atomic E-state index is 12.4. The average Bonchev–Trinajstić information content (AvgIpc) is 3.32. The van der Waals surface area contributed by atoms with Gasteiger partial charge in [-0.25, -0.2) is 4.79 Å². The number of likely N-dealkylation sites (tertiary alicyclic amines) is 1. The van der Waals surface area contributed by atoms with Crippen LogP contribution in [0.25, 0.3) is 0 Å². The summed E-state index contributed by atoms with van der Waals surface area (Å²) >= 11 is 0. The van der Waals surface area contributed by atoms with Crippen LogP contribution < -0.4 is 14.7 Å². The highest BCUT2D eigenvalue weighted by atomic mass is 16.6. The Balaban J connectivity index is 1.30. The molecule has 3 fully saturated rings. The van der Waals surface area contributed by atoms with E-state index in [9.17, 15) is 29.9 Å². The Labute approximate surface area is 166 Å². The Bertz CT molecular complexity index is 887. The second kappa shape index (κ2) is 6.33. The van der Waals surface area contributed by atoms with Gasteiger partial charge in [-0.2, -0.15) is 0 Å². The van der Waals surface area contributed by atoms with Gasteiger partial charge in [0, 0.05) is 6.54 Å². The molecule has 4 atom stereocenters. The molecule has 29 heavy (non-hydrogen) atoms. The van der Waals surface area contributed by atoms with Gasteiger partial charge in [0.1, 0.15) is 17.4 Å². The Hall–Kier alpha value is -2.34. The lowest BCUT2D eigenvalue weighted by molar-refractivity contribution is -0.142. The van der Waals surface area contributed by atoms with Crippen LogP contribution in [-0.4, -0.2) is 81.7 Å². The lowest BCUT2D eigenvalue weighted by atomic mass is 9.68. The molecule has 1 aromatic rings. The lowest BCUT2D eigenvalue weighted by Crippen LogP contribution is -2.59. The molecule has 5 rings (SSSR count). The predicted molar refractivity (Wildman–Crippen MR) is 98.7 cm³/mol. The summed E-state index contributed by atoms with van der Waals surface area (Å²) in [6, 6.07) is 2.86. The molecule has 10 nitrogen and oxygen atoms in total. The van der Waals surface area contributed by atoms with Gasteiger partial charge in [0.05, 0.1) is 31.0 Å². The summed E-state index contributed by atoms with van der Waals surface area (Å²) in [5, 5.41) is 42.4. The molecular weight excluding hydrogens is 383 g/mol. The fraction of sp³-hybridized carbons (Fsp3) is 0.556. The fourth-order valence-electron chi connectivity index (χ4n) is 4.61. The Kier molecular flexibility index (Phi) is 4.08. The van der Waals surface area contributed by atoms with Crippen molar-refractivity contribution in [1.82, 2.24) is 10.2 Å². The van der Waals surface area contributed by atoms with Crippen LogP contribution >= 0.6 is 0 Å². The zero-order chi connectivity index (χ0) is 20.5. The molecule has 156 valence electrons. The van der Waals surface area contributed by atoms with Crippen molar-refractivity contribution in [1.29, 1.82) is 0 Å². The van der Waals surface area contributed by atoms with Crippen LogP contribution in [0, 0.1) is 0 Å². The second-order valence-corrected chi connectivity index (χ2v) is 8.38. The van der Waals surface area contributed by atoms with E-state index in [0.29, 0.717) is 38.0 Å². The van der Waals surface area contributed by atoms with Crippen molar-refractivity contribution in [2.45, 2.75) is 42.8 Å². The van der Waals surface area contributed by atoms with E-state index >= 15 is 0 Å². The number of nitrogens with one attached hydrogen (secondary N) is 1. The summed E-state index contributed by atoms with van der Waals surface area (Å²) in [6.45, 7) is -2.09. The third-order valence-corrected chi connectivity index (χ3v) is 6.31. The number of carboxylic acids is 1. The van der Waals surface area contributed by atoms with Crippen molar-refractivity contribution in [2.75, 3.05) is 19.6 Å². The third-order valence-electron chi connectivity index (χ3n) is 6.31. The molecule has 4 aliphatic rings. The van der Waals surface area contributed by atoms with Gasteiger partial charge in [-0.1, -0.05) is 18.3 Å². The predicted octanol–water partition coefficient (Wildman–Crippen LogP) is -1.13. The van der Waals surface area contributed by atoms with E-state index in [1.54, 1.807) is 17.0 Å². The standard InChI is InChI=1S/C18H22BN2O8/c22-8-3-13(20-5-8)17(23)21-6-9(7-21)28-14-2-1-10-11-4-12(11)19(26,27)29-16(10)15(14)18(24)25/h1-2,8-9,11-13,20,22,26-27H,3-7H2,(H,24,25)/q-1/t8-,11?,12-,13-/m1/s1. The summed E-state index contributed by atoms with van der Waals surface area (Å²) in [6.07, 6.45) is 0.0178. The summed E-state index contributed by atoms with van der Waals surface area (Å²) in [5.41, 5.74) is 0.421. The molecule has 1 aromatic carbocycles. The SMILES string of the molecule is O=C(O)c1c(OC2CN(C(=O)[C@H]3C[C@@H](O)CN3)C2)ccc2c1O[B-](O)(O)[C@@H]1CC21. The lowest BCUT2D eigenvalue weighted by Gasteiger charge is -2.41. The zero-order valence-corrected chi connectivity index (χ0v) is 15.5. The normalized spacial score (nSPS) is 31.9. The number of amides is 1. The van der Waals surface area contributed by atoms with Gasteiger partial charge in [-0.3, -0.25) is 4.79 Å². The molecular formula is C18H22BN2O8-. The number of hydrogen-bond donors (Lipinski definition) is 5. The Morgan fingerprint density at radius 3 is 2.66 bits per heavy atom. The van der Waals surface area contributed by atoms with Crippen molar-refractivity contribution in [2.24, 2.45) is 0 Å². The summed E-state index contributed by atoms with van der Waals surface area (Å²) in [7, 11) is 0. The van der Waals surface area contributed by atoms with Crippen LogP contribution in [0.2, 0.25) is 5.82 Å². The third kappa shape index (κ3) is 3.05. The first-order valence-corrected chi connectivity index (χ1v) is 9.80. The highest BCUT2D eigenvalue weighted by Gasteiger charge is 2.55. The van der Waals surface area contributed by atoms with Gasteiger partial charge >= 0.3 is 12.7 Å². The number of aliphatic hydroxyl groups is 1. The van der Waals surface area contributed by atoms with Gasteiger partial charge in [0.25, 0.3) is 0 Å². The van der Waals surface area contributed by atoms with Crippen molar-refractivity contribution in [3.05, 3.63) is 23.3 Å². The number of fused-ring (bicyclic) bond motifs is 3. The number of rotatable bonds is 4. The van der Waals surface area contributed by atoms with Gasteiger partial charge in [-0.05, 0) is 24.0 Å². The molecule has 1 aliphatic carbocycles. The van der Waals surface area contributed by atoms with Crippen LogP contribution in [0.15, 0.2) is 12.1 Å². The van der Waals surface area contributed by atoms with Crippen molar-refractivity contribution >= 4 is 18.6 Å². The molecule has 0 aromatic heterocycles. The van der Waals surface area contributed by atoms with E-state index in [1.165, 1.54) is 0 Å². The average molecular weight is 405 g/mol. The minimum atomic E-state index is -3.09. The van der Waals surface area contributed by atoms with E-state index in [0.717, 1.165) is 0 Å². The van der Waals surface area contributed by atoms with Gasteiger partial charge < -0.3 is 39.9 Å². The number of carbonyl (C=O) groups is 2. The molecule has 3 aliphatic heterocycles. The first-order valence-electron chi connectivity index (χ1n) is 9.80. The maximum absolute atomic E-state index is 12.4. The number of hydrogen-bond acceptors (Lipinski definition) is 8. The number of ether oxygens (including phenoxy) is 1. The molecule has 2 saturated heterocycles. The van der Waals surface area contributed by atoms with Crippen molar-refractivity contribution in [3.8, 4) is 11.5 Å². The van der Waals surface area contributed by atoms with E-state index in [2.05, 4.69) is 5.32 Å². The molecule has 1 amide bonds. The van der Waals surface area contributed by atoms with Gasteiger partial charge in [0.15, 0.2) is 0 Å². The van der Waals surface area contributed by atoms with Crippen LogP contribution in [-0.2, 0) is 4.79 Å². The van der Waals surface area contributed by atoms with Crippen molar-refractivity contribution < 1.29 is 39.2 Å². The zero-order valence-electron chi connectivity index (χ0n) is 15.5. The first-order chi connectivity index (χ1) is 13.7. The maximum Gasteiger partial charge on any atom is 0.434 e. The smallest absolute Gasteiger partial charge is 0.434 e. The van der Waals surface area contributed by atoms with Crippen molar-refractivity contribution in [3.63, 3.8) is 0 Å². The highest BCUT2D eigenvalue weighted by Crippen LogP contribution is 2.63. The molecule has 0 radical (unpaired) electrons. The van der Waals surface area contributed by atoms with Crippen LogP contribution in [0.5, 0.6) is 11.5 Å². The van der Waals surface area contributed by atoms with E-state index in [4.69, 9.17) is 9.39 Å². The fourth-order valence-corrected chi connectivity index (χ4v) is 4.61. The van der Waals surface area contributed by atoms with Crippen LogP contribution in [0.3, 0.4) is 0 Å². The molecule has 0 spiro atoms. The second-order valence-electron chi connectivity index (χ2n) is 8.38. The summed E-state index contributed by atoms with van der Waals surface area (Å²) in [5.74, 6) is -1.87. The van der Waals surface area contributed by atoms with Gasteiger partial charge in [0.2, 0.25) is 5.91 Å². The number of carboxylic acid groups (broad SMARTS) is 1. The first kappa shape index (κ1) is 18.7. The van der Waals surface area contributed by atoms with E-state index in [1.807, 2.05) is 0 Å². The number of aromatic carboxylic acids is 1. The van der Waals surface area contributed by atoms with Gasteiger partial charge in [-0.15, -0.1) is 0 Å². The minimum absolute atomic E-state index is 0.0462. The number of carbonyl (C=O) groups excluding carboxylic acids is 1. The molecule has 5 N–H and O–H groups in total. The monoisotopic (exact) mass is 405 g/mol. The Morgan fingerprint density at radius 2 is 2.00 bits per heavy atom. The number of aliphatic hydroxyl groups excluding tert-OH is 1. The highest BCUT2D eigenvalue weighted by molar-refractivity contribution is 6.62. The quantitative estimate of drug-likeness (QED) is 0.393. The molecule has 11 heteroatoms. The summed E-state index contributed by atoms with van der Waals surface area (Å²) < 4.78 is 11.1. The Morgan fingerprint density at radius 1 is 1.24 bits per heavy atom. The molecule has 0 bridgehead atoms. The number of β-amino-alcohol motifs (C(OH)–C–C–N with tert-alkyl or cyclic N) is 1. The number of benzene rings is 1. The molecule has 1 saturated carbocycles. The van der Waals surface area contributed by atoms with Crippen LogP contribution in [0.4, 0.5) is 0 Å². The van der Waals surface area contributed by atoms with Crippen LogP contribution in [0.1, 0.15) is 34.7 Å². The summed E-state index contributed by atoms with van der Waals surface area (Å²) in [4.78, 5) is 25.9.